The normalized spacial score (nSPS) is 12.0. The van der Waals surface area contributed by atoms with Gasteiger partial charge in [0.2, 0.25) is 0 Å². The molecule has 0 aliphatic rings. The third-order valence-electron chi connectivity index (χ3n) is 3.85. The Kier molecular flexibility index (Phi) is 5.66. The van der Waals surface area contributed by atoms with Gasteiger partial charge in [-0.25, -0.2) is 4.98 Å². The number of thiazole rings is 1. The Hall–Kier alpha value is -1.98. The highest BCUT2D eigenvalue weighted by Gasteiger charge is 2.18. The summed E-state index contributed by atoms with van der Waals surface area (Å²) in [6.45, 7) is 3.67. The second kappa shape index (κ2) is 7.93. The molecule has 1 N–H and O–H groups in total. The lowest BCUT2D eigenvalue weighted by Crippen LogP contribution is -2.14. The second-order valence-electron chi connectivity index (χ2n) is 6.05. The third-order valence-corrected chi connectivity index (χ3v) is 5.29. The van der Waals surface area contributed by atoms with E-state index in [-0.39, 0.29) is 11.8 Å². The van der Waals surface area contributed by atoms with Gasteiger partial charge in [-0.3, -0.25) is 4.79 Å². The predicted molar refractivity (Wildman–Crippen MR) is 108 cm³/mol. The van der Waals surface area contributed by atoms with Crippen LogP contribution in [0, 0.1) is 6.92 Å². The number of hydrogen-bond donors (Lipinski definition) is 1. The minimum Gasteiger partial charge on any atom is -0.376 e. The monoisotopic (exact) mass is 414 g/mol. The van der Waals surface area contributed by atoms with Gasteiger partial charge in [-0.15, -0.1) is 11.3 Å². The number of rotatable bonds is 6. The molecule has 0 bridgehead atoms. The number of anilines is 1. The number of halogens is 1. The fraction of sp³-hybridized carbons (Fsp3) is 0.200. The molecule has 3 rings (SSSR count). The van der Waals surface area contributed by atoms with Crippen LogP contribution >= 0.6 is 27.3 Å². The van der Waals surface area contributed by atoms with Crippen LogP contribution in [0.2, 0.25) is 0 Å². The topological polar surface area (TPSA) is 42.0 Å². The Morgan fingerprint density at radius 2 is 1.84 bits per heavy atom. The summed E-state index contributed by atoms with van der Waals surface area (Å²) in [5.74, 6) is 0.141. The highest BCUT2D eigenvalue weighted by atomic mass is 79.9. The highest BCUT2D eigenvalue weighted by molar-refractivity contribution is 9.10. The molecule has 0 saturated heterocycles. The van der Waals surface area contributed by atoms with Crippen LogP contribution in [0.15, 0.2) is 58.4 Å². The van der Waals surface area contributed by atoms with Gasteiger partial charge in [0.15, 0.2) is 0 Å². The summed E-state index contributed by atoms with van der Waals surface area (Å²) in [5.41, 5.74) is 4.19. The largest absolute Gasteiger partial charge is 0.376 e. The van der Waals surface area contributed by atoms with Gasteiger partial charge in [0.25, 0.3) is 0 Å². The Labute approximate surface area is 160 Å². The number of nitrogens with zero attached hydrogens (tertiary/aromatic N) is 1. The second-order valence-corrected chi connectivity index (χ2v) is 7.83. The van der Waals surface area contributed by atoms with Gasteiger partial charge >= 0.3 is 0 Å². The number of benzene rings is 2. The molecule has 1 aromatic heterocycles. The summed E-state index contributed by atoms with van der Waals surface area (Å²) in [7, 11) is 0. The van der Waals surface area contributed by atoms with Gasteiger partial charge in [0, 0.05) is 27.5 Å². The van der Waals surface area contributed by atoms with E-state index in [2.05, 4.69) is 40.3 Å². The lowest BCUT2D eigenvalue weighted by Gasteiger charge is -2.17. The van der Waals surface area contributed by atoms with E-state index in [1.807, 2.05) is 41.8 Å². The quantitative estimate of drug-likeness (QED) is 0.536. The predicted octanol–water partition coefficient (Wildman–Crippen LogP) is 6.01. The number of hydrogen-bond acceptors (Lipinski definition) is 4. The molecule has 1 atom stereocenters. The zero-order chi connectivity index (χ0) is 17.8. The summed E-state index contributed by atoms with van der Waals surface area (Å²) < 4.78 is 1.04. The van der Waals surface area contributed by atoms with E-state index in [9.17, 15) is 4.79 Å². The zero-order valence-corrected chi connectivity index (χ0v) is 16.5. The fourth-order valence-electron chi connectivity index (χ4n) is 2.54. The summed E-state index contributed by atoms with van der Waals surface area (Å²) in [6.07, 6.45) is 0.414. The molecule has 25 heavy (non-hydrogen) atoms. The molecule has 3 nitrogen and oxygen atoms in total. The smallest absolute Gasteiger partial charge is 0.132 e. The van der Waals surface area contributed by atoms with Crippen LogP contribution in [-0.2, 0) is 4.79 Å². The molecule has 0 saturated carbocycles. The van der Waals surface area contributed by atoms with Crippen LogP contribution in [0.3, 0.4) is 0 Å². The number of carbonyl (C=O) groups excluding carboxylic acids is 1. The maximum atomic E-state index is 11.7. The molecular weight excluding hydrogens is 396 g/mol. The third kappa shape index (κ3) is 4.77. The van der Waals surface area contributed by atoms with E-state index in [0.29, 0.717) is 6.42 Å². The Morgan fingerprint density at radius 3 is 2.48 bits per heavy atom. The van der Waals surface area contributed by atoms with Crippen LogP contribution < -0.4 is 5.32 Å². The van der Waals surface area contributed by atoms with Crippen LogP contribution in [0.5, 0.6) is 0 Å². The van der Waals surface area contributed by atoms with Crippen molar-refractivity contribution in [1.29, 1.82) is 0 Å². The van der Waals surface area contributed by atoms with E-state index >= 15 is 0 Å². The maximum absolute atomic E-state index is 11.7. The molecule has 0 spiro atoms. The summed E-state index contributed by atoms with van der Waals surface area (Å²) >= 11 is 5.05. The van der Waals surface area contributed by atoms with Gasteiger partial charge < -0.3 is 5.32 Å². The van der Waals surface area contributed by atoms with E-state index < -0.39 is 0 Å². The first-order valence-corrected chi connectivity index (χ1v) is 9.72. The molecule has 1 heterocycles. The molecule has 0 amide bonds. The maximum Gasteiger partial charge on any atom is 0.132 e. The highest BCUT2D eigenvalue weighted by Crippen LogP contribution is 2.30. The van der Waals surface area contributed by atoms with Crippen molar-refractivity contribution in [3.8, 4) is 10.6 Å². The number of ketones is 1. The van der Waals surface area contributed by atoms with Crippen molar-refractivity contribution >= 4 is 38.7 Å². The minimum absolute atomic E-state index is 0.124. The molecule has 1 unspecified atom stereocenters. The number of Topliss-reactive ketones (excluding diaryl/α,β-unsaturated/α-hetero) is 1. The molecule has 0 radical (unpaired) electrons. The van der Waals surface area contributed by atoms with Crippen molar-refractivity contribution in [3.05, 3.63) is 69.6 Å². The van der Waals surface area contributed by atoms with Crippen LogP contribution in [0.25, 0.3) is 10.6 Å². The molecule has 5 heteroatoms. The van der Waals surface area contributed by atoms with Gasteiger partial charge in [-0.05, 0) is 38.1 Å². The van der Waals surface area contributed by atoms with Gasteiger partial charge in [-0.2, -0.15) is 0 Å². The van der Waals surface area contributed by atoms with Crippen molar-refractivity contribution < 1.29 is 4.79 Å². The van der Waals surface area contributed by atoms with Crippen molar-refractivity contribution in [2.75, 3.05) is 5.32 Å². The fourth-order valence-corrected chi connectivity index (χ4v) is 3.68. The van der Waals surface area contributed by atoms with Crippen molar-refractivity contribution in [2.24, 2.45) is 0 Å². The van der Waals surface area contributed by atoms with E-state index in [0.717, 1.165) is 26.4 Å². The van der Waals surface area contributed by atoms with Crippen LogP contribution in [-0.4, -0.2) is 10.8 Å². The molecule has 2 aromatic carbocycles. The summed E-state index contributed by atoms with van der Waals surface area (Å²) in [4.78, 5) is 16.5. The van der Waals surface area contributed by atoms with Gasteiger partial charge in [0.05, 0.1) is 11.7 Å². The van der Waals surface area contributed by atoms with Crippen molar-refractivity contribution in [3.63, 3.8) is 0 Å². The van der Waals surface area contributed by atoms with Crippen LogP contribution in [0.1, 0.15) is 30.6 Å². The Morgan fingerprint density at radius 1 is 1.16 bits per heavy atom. The summed E-state index contributed by atoms with van der Waals surface area (Å²) in [5, 5.41) is 6.44. The SMILES string of the molecule is CC(=O)CC(Nc1ccc(C)cc1)c1csc(-c2ccc(Br)cc2)n1. The minimum atomic E-state index is -0.124. The molecular formula is C20H19BrN2OS. The molecule has 0 aliphatic carbocycles. The first-order chi connectivity index (χ1) is 12.0. The van der Waals surface area contributed by atoms with Gasteiger partial charge in [0.1, 0.15) is 10.8 Å². The van der Waals surface area contributed by atoms with E-state index in [1.165, 1.54) is 5.56 Å². The number of nitrogens with one attached hydrogen (secondary N) is 1. The average molecular weight is 415 g/mol. The average Bonchev–Trinajstić information content (AvgIpc) is 3.06. The number of carbonyl (C=O) groups is 1. The molecule has 0 aliphatic heterocycles. The van der Waals surface area contributed by atoms with E-state index in [4.69, 9.17) is 4.98 Å². The van der Waals surface area contributed by atoms with Crippen molar-refractivity contribution in [2.45, 2.75) is 26.3 Å². The first-order valence-electron chi connectivity index (χ1n) is 8.05. The van der Waals surface area contributed by atoms with Crippen LogP contribution in [0.4, 0.5) is 5.69 Å². The number of aryl methyl sites for hydroxylation is 1. The van der Waals surface area contributed by atoms with Crippen molar-refractivity contribution in [1.82, 2.24) is 4.98 Å². The van der Waals surface area contributed by atoms with E-state index in [1.54, 1.807) is 18.3 Å². The standard InChI is InChI=1S/C20H19BrN2OS/c1-13-3-9-17(10-4-13)22-18(11-14(2)24)19-12-25-20(23-19)15-5-7-16(21)8-6-15/h3-10,12,18,22H,11H2,1-2H3. The van der Waals surface area contributed by atoms with Gasteiger partial charge in [-0.1, -0.05) is 45.8 Å². The number of aromatic nitrogens is 1. The lowest BCUT2D eigenvalue weighted by atomic mass is 10.1. The molecule has 0 fully saturated rings. The Balaban J connectivity index is 1.84. The zero-order valence-electron chi connectivity index (χ0n) is 14.1. The molecule has 128 valence electrons. The lowest BCUT2D eigenvalue weighted by molar-refractivity contribution is -0.117. The summed E-state index contributed by atoms with van der Waals surface area (Å²) in [6, 6.07) is 16.2. The Bertz CT molecular complexity index is 856. The first kappa shape index (κ1) is 17.8. The molecule has 3 aromatic rings.